The van der Waals surface area contributed by atoms with Crippen LogP contribution in [-0.4, -0.2) is 18.5 Å². The summed E-state index contributed by atoms with van der Waals surface area (Å²) in [5.74, 6) is 0.262. The van der Waals surface area contributed by atoms with Gasteiger partial charge in [-0.1, -0.05) is 0 Å². The van der Waals surface area contributed by atoms with E-state index in [0.717, 1.165) is 16.5 Å². The van der Waals surface area contributed by atoms with Gasteiger partial charge in [-0.05, 0) is 29.3 Å². The summed E-state index contributed by atoms with van der Waals surface area (Å²) in [6, 6.07) is 0. The number of hydrogen-bond donors (Lipinski definition) is 0. The Morgan fingerprint density at radius 2 is 2.43 bits per heavy atom. The predicted molar refractivity (Wildman–Crippen MR) is 59.9 cm³/mol. The van der Waals surface area contributed by atoms with Crippen LogP contribution in [0.5, 0.6) is 0 Å². The van der Waals surface area contributed by atoms with Crippen LogP contribution in [0.15, 0.2) is 15.2 Å². The van der Waals surface area contributed by atoms with Crippen LogP contribution in [-0.2, 0) is 4.74 Å². The van der Waals surface area contributed by atoms with E-state index in [-0.39, 0.29) is 17.8 Å². The number of thiophene rings is 1. The lowest BCUT2D eigenvalue weighted by Gasteiger charge is -2.04. The first kappa shape index (κ1) is 10.3. The van der Waals surface area contributed by atoms with E-state index < -0.39 is 0 Å². The standard InChI is InChI=1S/C10H11BrO2S/c1-6-2-7(3-13-6)10(12)8-4-14-5-9(8)11/h4-7H,2-3H2,1H3. The summed E-state index contributed by atoms with van der Waals surface area (Å²) in [5.41, 5.74) is 0.803. The molecule has 2 nitrogen and oxygen atoms in total. The smallest absolute Gasteiger partial charge is 0.170 e. The molecule has 2 unspecified atom stereocenters. The van der Waals surface area contributed by atoms with Crippen molar-refractivity contribution in [3.8, 4) is 0 Å². The molecule has 1 fully saturated rings. The first-order valence-corrected chi connectivity index (χ1v) is 6.29. The minimum atomic E-state index is 0.0518. The Balaban J connectivity index is 2.13. The van der Waals surface area contributed by atoms with E-state index in [9.17, 15) is 4.79 Å². The van der Waals surface area contributed by atoms with Gasteiger partial charge in [0.2, 0.25) is 0 Å². The van der Waals surface area contributed by atoms with Gasteiger partial charge in [0.15, 0.2) is 5.78 Å². The molecule has 0 saturated carbocycles. The number of Topliss-reactive ketones (excluding diaryl/α,β-unsaturated/α-hetero) is 1. The Bertz CT molecular complexity index is 348. The van der Waals surface area contributed by atoms with Crippen molar-refractivity contribution in [3.63, 3.8) is 0 Å². The maximum absolute atomic E-state index is 12.0. The van der Waals surface area contributed by atoms with E-state index in [1.54, 1.807) is 11.3 Å². The van der Waals surface area contributed by atoms with Gasteiger partial charge in [0, 0.05) is 26.7 Å². The van der Waals surface area contributed by atoms with Gasteiger partial charge in [-0.3, -0.25) is 4.79 Å². The second-order valence-electron chi connectivity index (χ2n) is 3.57. The number of ether oxygens (including phenoxy) is 1. The second-order valence-corrected chi connectivity index (χ2v) is 5.17. The molecule has 0 aromatic carbocycles. The largest absolute Gasteiger partial charge is 0.378 e. The van der Waals surface area contributed by atoms with E-state index in [1.165, 1.54) is 0 Å². The van der Waals surface area contributed by atoms with Gasteiger partial charge >= 0.3 is 0 Å². The third kappa shape index (κ3) is 1.92. The summed E-state index contributed by atoms with van der Waals surface area (Å²) in [4.78, 5) is 12.0. The van der Waals surface area contributed by atoms with Crippen molar-refractivity contribution in [2.45, 2.75) is 19.4 Å². The highest BCUT2D eigenvalue weighted by Gasteiger charge is 2.30. The minimum Gasteiger partial charge on any atom is -0.378 e. The molecule has 0 amide bonds. The topological polar surface area (TPSA) is 26.3 Å². The number of halogens is 1. The molecule has 1 aromatic rings. The number of hydrogen-bond acceptors (Lipinski definition) is 3. The van der Waals surface area contributed by atoms with Crippen LogP contribution < -0.4 is 0 Å². The molecule has 0 radical (unpaired) electrons. The Kier molecular flexibility index (Phi) is 3.04. The Morgan fingerprint density at radius 1 is 1.64 bits per heavy atom. The van der Waals surface area contributed by atoms with Gasteiger partial charge in [0.05, 0.1) is 12.7 Å². The van der Waals surface area contributed by atoms with Crippen LogP contribution >= 0.6 is 27.3 Å². The van der Waals surface area contributed by atoms with E-state index >= 15 is 0 Å². The lowest BCUT2D eigenvalue weighted by molar-refractivity contribution is 0.0877. The first-order chi connectivity index (χ1) is 6.68. The summed E-state index contributed by atoms with van der Waals surface area (Å²) >= 11 is 4.92. The van der Waals surface area contributed by atoms with Gasteiger partial charge in [0.25, 0.3) is 0 Å². The van der Waals surface area contributed by atoms with E-state index in [0.29, 0.717) is 6.61 Å². The Hall–Kier alpha value is -0.190. The molecule has 2 rings (SSSR count). The molecule has 4 heteroatoms. The molecular formula is C10H11BrO2S. The van der Waals surface area contributed by atoms with Gasteiger partial charge in [-0.15, -0.1) is 0 Å². The maximum atomic E-state index is 12.0. The fourth-order valence-electron chi connectivity index (χ4n) is 1.68. The van der Waals surface area contributed by atoms with E-state index in [4.69, 9.17) is 4.74 Å². The zero-order valence-electron chi connectivity index (χ0n) is 7.83. The van der Waals surface area contributed by atoms with Crippen molar-refractivity contribution in [1.82, 2.24) is 0 Å². The van der Waals surface area contributed by atoms with Crippen molar-refractivity contribution in [3.05, 3.63) is 20.8 Å². The summed E-state index contributed by atoms with van der Waals surface area (Å²) in [5, 5.41) is 3.84. The zero-order chi connectivity index (χ0) is 10.1. The Morgan fingerprint density at radius 3 is 2.93 bits per heavy atom. The molecule has 0 aliphatic carbocycles. The first-order valence-electron chi connectivity index (χ1n) is 4.56. The molecule has 76 valence electrons. The average Bonchev–Trinajstić information content (AvgIpc) is 2.73. The summed E-state index contributed by atoms with van der Waals surface area (Å²) in [7, 11) is 0. The third-order valence-corrected chi connectivity index (χ3v) is 4.15. The van der Waals surface area contributed by atoms with Crippen LogP contribution in [0, 0.1) is 5.92 Å². The summed E-state index contributed by atoms with van der Waals surface area (Å²) < 4.78 is 6.30. The van der Waals surface area contributed by atoms with Crippen molar-refractivity contribution in [2.75, 3.05) is 6.61 Å². The van der Waals surface area contributed by atoms with Crippen LogP contribution in [0.3, 0.4) is 0 Å². The number of carbonyl (C=O) groups is 1. The molecule has 14 heavy (non-hydrogen) atoms. The molecule has 2 atom stereocenters. The van der Waals surface area contributed by atoms with Crippen LogP contribution in [0.4, 0.5) is 0 Å². The van der Waals surface area contributed by atoms with Crippen molar-refractivity contribution in [2.24, 2.45) is 5.92 Å². The molecule has 1 aliphatic rings. The van der Waals surface area contributed by atoms with E-state index in [1.807, 2.05) is 17.7 Å². The molecule has 0 spiro atoms. The molecule has 0 N–H and O–H groups in total. The normalized spacial score (nSPS) is 26.7. The quantitative estimate of drug-likeness (QED) is 0.775. The SMILES string of the molecule is CC1CC(C(=O)c2cscc2Br)CO1. The van der Waals surface area contributed by atoms with Crippen LogP contribution in [0.1, 0.15) is 23.7 Å². The van der Waals surface area contributed by atoms with Gasteiger partial charge in [-0.2, -0.15) is 11.3 Å². The number of carbonyl (C=O) groups excluding carboxylic acids is 1. The third-order valence-electron chi connectivity index (χ3n) is 2.45. The highest BCUT2D eigenvalue weighted by Crippen LogP contribution is 2.28. The summed E-state index contributed by atoms with van der Waals surface area (Å²) in [6.45, 7) is 2.58. The van der Waals surface area contributed by atoms with Crippen LogP contribution in [0.25, 0.3) is 0 Å². The monoisotopic (exact) mass is 274 g/mol. The lowest BCUT2D eigenvalue weighted by Crippen LogP contribution is -2.14. The number of ketones is 1. The van der Waals surface area contributed by atoms with E-state index in [2.05, 4.69) is 15.9 Å². The van der Waals surface area contributed by atoms with Crippen molar-refractivity contribution in [1.29, 1.82) is 0 Å². The second kappa shape index (κ2) is 4.13. The molecule has 0 bridgehead atoms. The maximum Gasteiger partial charge on any atom is 0.170 e. The highest BCUT2D eigenvalue weighted by molar-refractivity contribution is 9.10. The zero-order valence-corrected chi connectivity index (χ0v) is 10.2. The molecule has 1 aromatic heterocycles. The highest BCUT2D eigenvalue weighted by atomic mass is 79.9. The van der Waals surface area contributed by atoms with Crippen molar-refractivity contribution < 1.29 is 9.53 Å². The van der Waals surface area contributed by atoms with Gasteiger partial charge in [-0.25, -0.2) is 0 Å². The van der Waals surface area contributed by atoms with Crippen molar-refractivity contribution >= 4 is 33.0 Å². The van der Waals surface area contributed by atoms with Crippen LogP contribution in [0.2, 0.25) is 0 Å². The van der Waals surface area contributed by atoms with Gasteiger partial charge in [0.1, 0.15) is 0 Å². The fraction of sp³-hybridized carbons (Fsp3) is 0.500. The molecule has 1 aliphatic heterocycles. The predicted octanol–water partition coefficient (Wildman–Crippen LogP) is 3.12. The Labute approximate surface area is 95.4 Å². The molecule has 2 heterocycles. The lowest BCUT2D eigenvalue weighted by atomic mass is 9.97. The average molecular weight is 275 g/mol. The molecule has 1 saturated heterocycles. The van der Waals surface area contributed by atoms with Gasteiger partial charge < -0.3 is 4.74 Å². The molecular weight excluding hydrogens is 264 g/mol. The fourth-order valence-corrected chi connectivity index (χ4v) is 3.16. The summed E-state index contributed by atoms with van der Waals surface area (Å²) in [6.07, 6.45) is 1.07. The minimum absolute atomic E-state index is 0.0518. The number of rotatable bonds is 2.